The third kappa shape index (κ3) is 2.96. The minimum absolute atomic E-state index is 1.06. The summed E-state index contributed by atoms with van der Waals surface area (Å²) in [5.41, 5.74) is 0. The molecule has 0 aromatic carbocycles. The van der Waals surface area contributed by atoms with E-state index in [9.17, 15) is 0 Å². The number of rotatable bonds is 2. The summed E-state index contributed by atoms with van der Waals surface area (Å²) >= 11 is 0. The number of hydrogen-bond donors (Lipinski definition) is 0. The lowest BCUT2D eigenvalue weighted by atomic mass is 9.72. The number of nitrogens with zero attached hydrogens (tertiary/aromatic N) is 1. The molecule has 2 rings (SSSR count). The minimum Gasteiger partial charge on any atom is -0.306 e. The Balaban J connectivity index is 1.75. The van der Waals surface area contributed by atoms with E-state index < -0.39 is 0 Å². The van der Waals surface area contributed by atoms with E-state index in [2.05, 4.69) is 18.9 Å². The van der Waals surface area contributed by atoms with Crippen molar-refractivity contribution >= 4 is 0 Å². The lowest BCUT2D eigenvalue weighted by molar-refractivity contribution is 0.128. The fourth-order valence-corrected chi connectivity index (χ4v) is 3.57. The monoisotopic (exact) mass is 209 g/mol. The van der Waals surface area contributed by atoms with Crippen LogP contribution in [0.1, 0.15) is 51.9 Å². The number of hydrogen-bond acceptors (Lipinski definition) is 1. The summed E-state index contributed by atoms with van der Waals surface area (Å²) in [5, 5.41) is 0. The Morgan fingerprint density at radius 2 is 1.40 bits per heavy atom. The normalized spacial score (nSPS) is 35.6. The van der Waals surface area contributed by atoms with E-state index in [1.807, 2.05) is 0 Å². The maximum absolute atomic E-state index is 2.49. The SMILES string of the molecule is CCC1CCC(C2CCN(C)CC2)CC1. The molecule has 0 radical (unpaired) electrons. The van der Waals surface area contributed by atoms with E-state index in [4.69, 9.17) is 0 Å². The third-order valence-electron chi connectivity index (χ3n) is 4.90. The largest absolute Gasteiger partial charge is 0.306 e. The van der Waals surface area contributed by atoms with Crippen molar-refractivity contribution in [2.75, 3.05) is 20.1 Å². The fraction of sp³-hybridized carbons (Fsp3) is 1.00. The van der Waals surface area contributed by atoms with Crippen LogP contribution in [0.15, 0.2) is 0 Å². The summed E-state index contributed by atoms with van der Waals surface area (Å²) in [6, 6.07) is 0. The molecule has 0 atom stereocenters. The summed E-state index contributed by atoms with van der Waals surface area (Å²) in [7, 11) is 2.27. The van der Waals surface area contributed by atoms with Gasteiger partial charge in [0.05, 0.1) is 0 Å². The molecular weight excluding hydrogens is 182 g/mol. The summed E-state index contributed by atoms with van der Waals surface area (Å²) in [6.45, 7) is 5.05. The van der Waals surface area contributed by atoms with Gasteiger partial charge in [-0.2, -0.15) is 0 Å². The smallest absolute Gasteiger partial charge is 0.00190 e. The predicted octanol–water partition coefficient (Wildman–Crippen LogP) is 3.54. The van der Waals surface area contributed by atoms with Crippen LogP contribution >= 0.6 is 0 Å². The predicted molar refractivity (Wildman–Crippen MR) is 66.0 cm³/mol. The second kappa shape index (κ2) is 5.34. The van der Waals surface area contributed by atoms with Crippen molar-refractivity contribution in [3.63, 3.8) is 0 Å². The molecule has 1 heteroatoms. The topological polar surface area (TPSA) is 3.24 Å². The van der Waals surface area contributed by atoms with E-state index in [0.29, 0.717) is 0 Å². The second-order valence-corrected chi connectivity index (χ2v) is 5.83. The van der Waals surface area contributed by atoms with E-state index in [1.54, 1.807) is 0 Å². The van der Waals surface area contributed by atoms with Crippen molar-refractivity contribution in [3.8, 4) is 0 Å². The Hall–Kier alpha value is -0.0400. The number of likely N-dealkylation sites (tertiary alicyclic amines) is 1. The molecule has 0 N–H and O–H groups in total. The third-order valence-corrected chi connectivity index (χ3v) is 4.90. The maximum atomic E-state index is 2.49. The average molecular weight is 209 g/mol. The van der Waals surface area contributed by atoms with E-state index in [-0.39, 0.29) is 0 Å². The molecule has 2 aliphatic rings. The first-order valence-electron chi connectivity index (χ1n) is 6.98. The van der Waals surface area contributed by atoms with Crippen LogP contribution in [0, 0.1) is 17.8 Å². The van der Waals surface area contributed by atoms with Gasteiger partial charge in [-0.25, -0.2) is 0 Å². The lowest BCUT2D eigenvalue weighted by Gasteiger charge is -2.38. The lowest BCUT2D eigenvalue weighted by Crippen LogP contribution is -2.34. The zero-order valence-corrected chi connectivity index (χ0v) is 10.5. The molecule has 0 spiro atoms. The first-order valence-corrected chi connectivity index (χ1v) is 6.98. The van der Waals surface area contributed by atoms with Crippen LogP contribution in [0.5, 0.6) is 0 Å². The van der Waals surface area contributed by atoms with Crippen molar-refractivity contribution < 1.29 is 0 Å². The van der Waals surface area contributed by atoms with Crippen molar-refractivity contribution in [2.45, 2.75) is 51.9 Å². The zero-order valence-electron chi connectivity index (χ0n) is 10.5. The van der Waals surface area contributed by atoms with E-state index >= 15 is 0 Å². The number of piperidine rings is 1. The summed E-state index contributed by atoms with van der Waals surface area (Å²) in [5.74, 6) is 3.22. The molecule has 1 aliphatic heterocycles. The maximum Gasteiger partial charge on any atom is -0.00190 e. The van der Waals surface area contributed by atoms with Crippen molar-refractivity contribution in [2.24, 2.45) is 17.8 Å². The van der Waals surface area contributed by atoms with Gasteiger partial charge in [-0.05, 0) is 63.6 Å². The minimum atomic E-state index is 1.06. The van der Waals surface area contributed by atoms with Gasteiger partial charge in [-0.15, -0.1) is 0 Å². The Bertz CT molecular complexity index is 174. The summed E-state index contributed by atoms with van der Waals surface area (Å²) in [6.07, 6.45) is 10.5. The molecule has 1 nitrogen and oxygen atoms in total. The van der Waals surface area contributed by atoms with E-state index in [1.165, 1.54) is 58.0 Å². The quantitative estimate of drug-likeness (QED) is 0.672. The van der Waals surface area contributed by atoms with Crippen LogP contribution in [0.3, 0.4) is 0 Å². The highest BCUT2D eigenvalue weighted by Gasteiger charge is 2.28. The Morgan fingerprint density at radius 1 is 0.867 bits per heavy atom. The molecule has 0 bridgehead atoms. The van der Waals surface area contributed by atoms with Crippen LogP contribution in [0.2, 0.25) is 0 Å². The van der Waals surface area contributed by atoms with Gasteiger partial charge in [-0.1, -0.05) is 26.2 Å². The standard InChI is InChI=1S/C14H27N/c1-3-12-4-6-13(7-5-12)14-8-10-15(2)11-9-14/h12-14H,3-11H2,1-2H3. The Kier molecular flexibility index (Phi) is 4.07. The van der Waals surface area contributed by atoms with Gasteiger partial charge < -0.3 is 4.90 Å². The first kappa shape index (κ1) is 11.4. The molecule has 2 fully saturated rings. The van der Waals surface area contributed by atoms with Crippen molar-refractivity contribution in [1.82, 2.24) is 4.90 Å². The molecule has 88 valence electrons. The molecule has 1 saturated carbocycles. The zero-order chi connectivity index (χ0) is 10.7. The molecule has 1 saturated heterocycles. The highest BCUT2D eigenvalue weighted by molar-refractivity contribution is 4.81. The van der Waals surface area contributed by atoms with Gasteiger partial charge in [0.2, 0.25) is 0 Å². The van der Waals surface area contributed by atoms with E-state index in [0.717, 1.165) is 17.8 Å². The van der Waals surface area contributed by atoms with Gasteiger partial charge in [0.25, 0.3) is 0 Å². The molecule has 1 aliphatic carbocycles. The van der Waals surface area contributed by atoms with Gasteiger partial charge in [0, 0.05) is 0 Å². The van der Waals surface area contributed by atoms with Gasteiger partial charge in [0.15, 0.2) is 0 Å². The molecule has 0 amide bonds. The summed E-state index contributed by atoms with van der Waals surface area (Å²) < 4.78 is 0. The fourth-order valence-electron chi connectivity index (χ4n) is 3.57. The van der Waals surface area contributed by atoms with Crippen LogP contribution in [-0.4, -0.2) is 25.0 Å². The highest BCUT2D eigenvalue weighted by Crippen LogP contribution is 2.38. The van der Waals surface area contributed by atoms with Crippen LogP contribution in [0.4, 0.5) is 0 Å². The highest BCUT2D eigenvalue weighted by atomic mass is 15.1. The average Bonchev–Trinajstić information content (AvgIpc) is 2.30. The van der Waals surface area contributed by atoms with Gasteiger partial charge in [-0.3, -0.25) is 0 Å². The van der Waals surface area contributed by atoms with Gasteiger partial charge >= 0.3 is 0 Å². The molecule has 0 aromatic rings. The van der Waals surface area contributed by atoms with Crippen molar-refractivity contribution in [1.29, 1.82) is 0 Å². The Labute approximate surface area is 95.2 Å². The molecule has 0 aromatic heterocycles. The summed E-state index contributed by atoms with van der Waals surface area (Å²) in [4.78, 5) is 2.49. The van der Waals surface area contributed by atoms with Crippen LogP contribution in [-0.2, 0) is 0 Å². The van der Waals surface area contributed by atoms with Crippen LogP contribution < -0.4 is 0 Å². The molecule has 1 heterocycles. The molecule has 15 heavy (non-hydrogen) atoms. The second-order valence-electron chi connectivity index (χ2n) is 5.83. The van der Waals surface area contributed by atoms with Crippen LogP contribution in [0.25, 0.3) is 0 Å². The van der Waals surface area contributed by atoms with Gasteiger partial charge in [0.1, 0.15) is 0 Å². The Morgan fingerprint density at radius 3 is 1.93 bits per heavy atom. The van der Waals surface area contributed by atoms with Crippen molar-refractivity contribution in [3.05, 3.63) is 0 Å². The molecule has 0 unspecified atom stereocenters. The first-order chi connectivity index (χ1) is 7.29. The molecular formula is C14H27N.